The van der Waals surface area contributed by atoms with Crippen LogP contribution >= 0.6 is 0 Å². The van der Waals surface area contributed by atoms with Gasteiger partial charge in [-0.3, -0.25) is 4.84 Å². The van der Waals surface area contributed by atoms with E-state index in [2.05, 4.69) is 18.7 Å². The average molecular weight is 360 g/mol. The summed E-state index contributed by atoms with van der Waals surface area (Å²) in [6.07, 6.45) is 21.3. The molecule has 1 fully saturated rings. The van der Waals surface area contributed by atoms with Crippen LogP contribution in [0.1, 0.15) is 117 Å². The van der Waals surface area contributed by atoms with Crippen LogP contribution in [0.4, 0.5) is 0 Å². The van der Waals surface area contributed by atoms with E-state index in [0.717, 1.165) is 6.42 Å². The van der Waals surface area contributed by atoms with E-state index in [1.807, 2.05) is 0 Å². The van der Waals surface area contributed by atoms with Crippen molar-refractivity contribution in [3.63, 3.8) is 0 Å². The van der Waals surface area contributed by atoms with Crippen molar-refractivity contribution in [2.75, 3.05) is 6.61 Å². The van der Waals surface area contributed by atoms with Crippen LogP contribution < -0.4 is 0 Å². The topological polar surface area (TPSA) is 61.6 Å². The lowest BCUT2D eigenvalue weighted by Gasteiger charge is -2.03. The Hall–Kier alpha value is -0.840. The lowest BCUT2D eigenvalue weighted by atomic mass is 10.0. The molecule has 0 aromatic heterocycles. The molecule has 1 atom stereocenters. The number of ether oxygens (including phenoxy) is 1. The van der Waals surface area contributed by atoms with Crippen molar-refractivity contribution in [1.82, 2.24) is 0 Å². The molecule has 0 bridgehead atoms. The number of nitrogens with zero attached hydrogens (tertiary/aromatic N) is 1. The summed E-state index contributed by atoms with van der Waals surface area (Å²) in [5, 5.41) is 8.84. The van der Waals surface area contributed by atoms with E-state index in [0.29, 0.717) is 13.0 Å². The lowest BCUT2D eigenvalue weighted by Crippen LogP contribution is -2.14. The molecule has 1 aliphatic heterocycles. The predicted molar refractivity (Wildman–Crippen MR) is 103 cm³/mol. The molecule has 0 spiro atoms. The van der Waals surface area contributed by atoms with E-state index in [1.165, 1.54) is 89.9 Å². The summed E-state index contributed by atoms with van der Waals surface area (Å²) >= 11 is 0. The molecular weight excluding hydrogens is 318 g/mol. The molecule has 5 heteroatoms. The Labute approximate surface area is 155 Å². The summed E-state index contributed by atoms with van der Waals surface area (Å²) < 4.78 is 4.80. The quantitative estimate of drug-likeness (QED) is 0.183. The molecule has 0 saturated carbocycles. The largest absolute Gasteiger partial charge is 0.352 e. The second-order valence-electron chi connectivity index (χ2n) is 7.01. The Bertz CT molecular complexity index is 267. The molecule has 1 saturated heterocycles. The van der Waals surface area contributed by atoms with Crippen LogP contribution in [0.2, 0.25) is 0 Å². The zero-order valence-corrected chi connectivity index (χ0v) is 16.7. The molecule has 150 valence electrons. The van der Waals surface area contributed by atoms with Gasteiger partial charge in [-0.1, -0.05) is 104 Å². The average Bonchev–Trinajstić information content (AvgIpc) is 3.09. The molecule has 25 heavy (non-hydrogen) atoms. The molecule has 5 nitrogen and oxygen atoms in total. The molecule has 0 aromatic carbocycles. The Morgan fingerprint density at radius 1 is 0.840 bits per heavy atom. The van der Waals surface area contributed by atoms with Crippen molar-refractivity contribution in [3.8, 4) is 0 Å². The highest BCUT2D eigenvalue weighted by atomic mass is 17.0. The van der Waals surface area contributed by atoms with Crippen LogP contribution in [0.25, 0.3) is 0 Å². The maximum absolute atomic E-state index is 9.66. The summed E-state index contributed by atoms with van der Waals surface area (Å²) in [5.74, 6) is 0. The van der Waals surface area contributed by atoms with Crippen LogP contribution in [-0.2, 0) is 9.57 Å². The highest BCUT2D eigenvalue weighted by molar-refractivity contribution is 4.51. The SMILES string of the molecule is CCCCCCCCCCCCCCCC.O=[N+]([O-])OC1CCCO1. The smallest absolute Gasteiger partial charge is 0.297 e. The van der Waals surface area contributed by atoms with Crippen molar-refractivity contribution in [2.45, 2.75) is 123 Å². The highest BCUT2D eigenvalue weighted by Gasteiger charge is 2.18. The number of unbranched alkanes of at least 4 members (excludes halogenated alkanes) is 13. The zero-order chi connectivity index (χ0) is 18.6. The van der Waals surface area contributed by atoms with Gasteiger partial charge in [-0.2, -0.15) is 0 Å². The molecule has 0 aromatic rings. The third-order valence-corrected chi connectivity index (χ3v) is 4.55. The molecule has 0 aliphatic carbocycles. The fraction of sp³-hybridized carbons (Fsp3) is 1.00. The summed E-state index contributed by atoms with van der Waals surface area (Å²) in [7, 11) is 0. The first-order chi connectivity index (χ1) is 12.2. The molecule has 0 amide bonds. The maximum atomic E-state index is 9.66. The van der Waals surface area contributed by atoms with Gasteiger partial charge in [0.25, 0.3) is 5.09 Å². The summed E-state index contributed by atoms with van der Waals surface area (Å²) in [6.45, 7) is 5.15. The van der Waals surface area contributed by atoms with E-state index in [4.69, 9.17) is 4.74 Å². The van der Waals surface area contributed by atoms with E-state index in [1.54, 1.807) is 0 Å². The minimum absolute atomic E-state index is 0.568. The highest BCUT2D eigenvalue weighted by Crippen LogP contribution is 2.13. The van der Waals surface area contributed by atoms with E-state index < -0.39 is 11.4 Å². The molecule has 1 heterocycles. The first kappa shape index (κ1) is 24.2. The van der Waals surface area contributed by atoms with E-state index in [9.17, 15) is 10.1 Å². The standard InChI is InChI=1S/C16H34.C4H7NO4/c1-3-5-7-9-11-13-15-16-14-12-10-8-6-4-2;6-5(7)9-4-2-1-3-8-4/h3-16H2,1-2H3;4H,1-3H2. The Morgan fingerprint density at radius 2 is 1.24 bits per heavy atom. The first-order valence-electron chi connectivity index (χ1n) is 10.6. The Kier molecular flexibility index (Phi) is 18.8. The molecule has 0 radical (unpaired) electrons. The number of hydrogen-bond donors (Lipinski definition) is 0. The van der Waals surface area contributed by atoms with Crippen LogP contribution in [-0.4, -0.2) is 18.0 Å². The van der Waals surface area contributed by atoms with Gasteiger partial charge in [-0.05, 0) is 6.42 Å². The van der Waals surface area contributed by atoms with E-state index in [-0.39, 0.29) is 0 Å². The summed E-state index contributed by atoms with van der Waals surface area (Å²) in [6, 6.07) is 0. The second-order valence-corrected chi connectivity index (χ2v) is 7.01. The Balaban J connectivity index is 0.000000535. The van der Waals surface area contributed by atoms with Gasteiger partial charge in [0.05, 0.1) is 0 Å². The number of rotatable bonds is 15. The fourth-order valence-electron chi connectivity index (χ4n) is 3.00. The van der Waals surface area contributed by atoms with E-state index >= 15 is 0 Å². The van der Waals surface area contributed by atoms with Crippen LogP contribution in [0.15, 0.2) is 0 Å². The van der Waals surface area contributed by atoms with Gasteiger partial charge in [0.15, 0.2) is 0 Å². The molecule has 0 N–H and O–H groups in total. The molecular formula is C20H41NO4. The van der Waals surface area contributed by atoms with Crippen molar-refractivity contribution in [2.24, 2.45) is 0 Å². The van der Waals surface area contributed by atoms with Gasteiger partial charge in [0.1, 0.15) is 0 Å². The van der Waals surface area contributed by atoms with Gasteiger partial charge in [0.2, 0.25) is 6.29 Å². The Morgan fingerprint density at radius 3 is 1.52 bits per heavy atom. The van der Waals surface area contributed by atoms with Gasteiger partial charge in [-0.15, -0.1) is 10.1 Å². The van der Waals surface area contributed by atoms with Gasteiger partial charge in [-0.25, -0.2) is 0 Å². The number of hydrogen-bond acceptors (Lipinski definition) is 4. The van der Waals surface area contributed by atoms with Crippen molar-refractivity contribution < 1.29 is 14.7 Å². The predicted octanol–water partition coefficient (Wildman–Crippen LogP) is 6.82. The zero-order valence-electron chi connectivity index (χ0n) is 16.7. The third kappa shape index (κ3) is 19.3. The van der Waals surface area contributed by atoms with Crippen LogP contribution in [0.3, 0.4) is 0 Å². The molecule has 1 aliphatic rings. The molecule has 1 unspecified atom stereocenters. The summed E-state index contributed by atoms with van der Waals surface area (Å²) in [4.78, 5) is 13.8. The maximum Gasteiger partial charge on any atom is 0.297 e. The van der Waals surface area contributed by atoms with Gasteiger partial charge >= 0.3 is 0 Å². The molecule has 1 rings (SSSR count). The monoisotopic (exact) mass is 359 g/mol. The van der Waals surface area contributed by atoms with Gasteiger partial charge in [0, 0.05) is 13.0 Å². The van der Waals surface area contributed by atoms with Crippen LogP contribution in [0.5, 0.6) is 0 Å². The minimum atomic E-state index is -0.823. The van der Waals surface area contributed by atoms with Gasteiger partial charge < -0.3 is 4.74 Å². The summed E-state index contributed by atoms with van der Waals surface area (Å²) in [5.41, 5.74) is 0. The normalized spacial score (nSPS) is 16.3. The van der Waals surface area contributed by atoms with Crippen molar-refractivity contribution in [3.05, 3.63) is 10.1 Å². The second kappa shape index (κ2) is 19.5. The lowest BCUT2D eigenvalue weighted by molar-refractivity contribution is -0.779. The first-order valence-corrected chi connectivity index (χ1v) is 10.6. The van der Waals surface area contributed by atoms with Crippen molar-refractivity contribution in [1.29, 1.82) is 0 Å². The minimum Gasteiger partial charge on any atom is -0.352 e. The van der Waals surface area contributed by atoms with Crippen LogP contribution in [0, 0.1) is 10.1 Å². The fourth-order valence-corrected chi connectivity index (χ4v) is 3.00. The third-order valence-electron chi connectivity index (χ3n) is 4.55. The van der Waals surface area contributed by atoms with Crippen molar-refractivity contribution >= 4 is 0 Å².